The average molecular weight is 1280 g/mol. The van der Waals surface area contributed by atoms with E-state index in [1.807, 2.05) is 0 Å². The zero-order chi connectivity index (χ0) is 64.5. The van der Waals surface area contributed by atoms with Gasteiger partial charge in [0.15, 0.2) is 12.2 Å². The molecule has 17 nitrogen and oxygen atoms in total. The molecule has 0 amide bonds. The molecule has 0 saturated heterocycles. The number of aliphatic hydroxyl groups excluding tert-OH is 1. The zero-order valence-electron chi connectivity index (χ0n) is 56.5. The van der Waals surface area contributed by atoms with E-state index in [0.29, 0.717) is 31.6 Å². The number of unbranched alkanes of at least 4 members (excludes halogenated alkanes) is 34. The molecule has 0 radical (unpaired) electrons. The molecule has 0 aliphatic rings. The second-order valence-electron chi connectivity index (χ2n) is 26.0. The van der Waals surface area contributed by atoms with Crippen LogP contribution in [0.25, 0.3) is 0 Å². The summed E-state index contributed by atoms with van der Waals surface area (Å²) in [5, 5.41) is 10.6. The van der Waals surface area contributed by atoms with Crippen molar-refractivity contribution in [2.24, 2.45) is 17.8 Å². The van der Waals surface area contributed by atoms with Crippen molar-refractivity contribution in [2.75, 3.05) is 39.6 Å². The van der Waals surface area contributed by atoms with Gasteiger partial charge in [0.1, 0.15) is 19.3 Å². The number of aliphatic hydroxyl groups is 1. The summed E-state index contributed by atoms with van der Waals surface area (Å²) in [5.74, 6) is 0.0695. The van der Waals surface area contributed by atoms with E-state index in [9.17, 15) is 43.2 Å². The Morgan fingerprint density at radius 2 is 0.529 bits per heavy atom. The molecule has 0 aromatic heterocycles. The van der Waals surface area contributed by atoms with Gasteiger partial charge in [-0.3, -0.25) is 37.3 Å². The summed E-state index contributed by atoms with van der Waals surface area (Å²) in [4.78, 5) is 72.3. The molecular weight excluding hydrogens is 1150 g/mol. The van der Waals surface area contributed by atoms with Crippen molar-refractivity contribution in [3.8, 4) is 0 Å². The maximum Gasteiger partial charge on any atom is 0.472 e. The summed E-state index contributed by atoms with van der Waals surface area (Å²) in [6, 6.07) is 0. The number of rotatable bonds is 66. The predicted molar refractivity (Wildman–Crippen MR) is 349 cm³/mol. The number of ether oxygens (including phenoxy) is 4. The molecule has 0 rings (SSSR count). The molecule has 0 aromatic rings. The van der Waals surface area contributed by atoms with Gasteiger partial charge in [-0.1, -0.05) is 286 Å². The van der Waals surface area contributed by atoms with Gasteiger partial charge in [-0.2, -0.15) is 0 Å². The minimum atomic E-state index is -4.95. The van der Waals surface area contributed by atoms with E-state index in [0.717, 1.165) is 108 Å². The second kappa shape index (κ2) is 59.1. The Morgan fingerprint density at radius 1 is 0.310 bits per heavy atom. The van der Waals surface area contributed by atoms with Crippen molar-refractivity contribution in [3.05, 3.63) is 0 Å². The van der Waals surface area contributed by atoms with Crippen LogP contribution in [0.5, 0.6) is 0 Å². The van der Waals surface area contributed by atoms with Crippen LogP contribution in [0.1, 0.15) is 337 Å². The smallest absolute Gasteiger partial charge is 0.462 e. The van der Waals surface area contributed by atoms with Crippen molar-refractivity contribution < 1.29 is 80.2 Å². The SMILES string of the molecule is CCCCCCCCCCCCC(=O)O[C@H](COC(=O)CCCCCCCCC(C)C)COP(=O)(O)OC[C@H](O)COP(=O)(O)OC[C@@H](COC(=O)CCCCCCCCCCC(C)C)OC(=O)CCCCCCCCCCCCCCCCC(C)C. The van der Waals surface area contributed by atoms with Gasteiger partial charge >= 0.3 is 39.5 Å². The fraction of sp³-hybridized carbons (Fsp3) is 0.941. The van der Waals surface area contributed by atoms with Gasteiger partial charge in [-0.25, -0.2) is 9.13 Å². The monoisotopic (exact) mass is 1280 g/mol. The molecule has 0 bridgehead atoms. The average Bonchev–Trinajstić information content (AvgIpc) is 3.69. The molecule has 2 unspecified atom stereocenters. The van der Waals surface area contributed by atoms with Crippen molar-refractivity contribution >= 4 is 39.5 Å². The first-order chi connectivity index (χ1) is 41.7. The Bertz CT molecular complexity index is 1720. The van der Waals surface area contributed by atoms with Gasteiger partial charge in [0.2, 0.25) is 0 Å². The van der Waals surface area contributed by atoms with E-state index >= 15 is 0 Å². The topological polar surface area (TPSA) is 237 Å². The molecule has 0 aromatic carbocycles. The van der Waals surface area contributed by atoms with Crippen LogP contribution < -0.4 is 0 Å². The highest BCUT2D eigenvalue weighted by molar-refractivity contribution is 7.47. The Balaban J connectivity index is 5.22. The van der Waals surface area contributed by atoms with Gasteiger partial charge in [0.05, 0.1) is 26.4 Å². The van der Waals surface area contributed by atoms with Crippen LogP contribution in [0.3, 0.4) is 0 Å². The van der Waals surface area contributed by atoms with Crippen molar-refractivity contribution in [1.29, 1.82) is 0 Å². The fourth-order valence-corrected chi connectivity index (χ4v) is 11.8. The lowest BCUT2D eigenvalue weighted by atomic mass is 10.0. The number of esters is 4. The highest BCUT2D eigenvalue weighted by Crippen LogP contribution is 2.45. The molecule has 87 heavy (non-hydrogen) atoms. The zero-order valence-corrected chi connectivity index (χ0v) is 58.3. The van der Waals surface area contributed by atoms with Crippen molar-refractivity contribution in [1.82, 2.24) is 0 Å². The van der Waals surface area contributed by atoms with Crippen LogP contribution in [0.15, 0.2) is 0 Å². The maximum atomic E-state index is 13.0. The molecule has 5 atom stereocenters. The quantitative estimate of drug-likeness (QED) is 0.0222. The third-order valence-corrected chi connectivity index (χ3v) is 17.5. The minimum Gasteiger partial charge on any atom is -0.462 e. The Kier molecular flexibility index (Phi) is 57.8. The van der Waals surface area contributed by atoms with E-state index in [2.05, 4.69) is 48.5 Å². The summed E-state index contributed by atoms with van der Waals surface area (Å²) in [6.45, 7) is 11.7. The summed E-state index contributed by atoms with van der Waals surface area (Å²) >= 11 is 0. The van der Waals surface area contributed by atoms with E-state index in [1.165, 1.54) is 141 Å². The van der Waals surface area contributed by atoms with Crippen LogP contribution in [-0.2, 0) is 65.4 Å². The van der Waals surface area contributed by atoms with Gasteiger partial charge in [-0.15, -0.1) is 0 Å². The molecule has 0 aliphatic heterocycles. The van der Waals surface area contributed by atoms with Gasteiger partial charge in [0.25, 0.3) is 0 Å². The Labute approximate surface area is 530 Å². The molecule has 0 aliphatic carbocycles. The number of carbonyl (C=O) groups is 4. The van der Waals surface area contributed by atoms with Gasteiger partial charge in [0, 0.05) is 25.7 Å². The minimum absolute atomic E-state index is 0.105. The lowest BCUT2D eigenvalue weighted by molar-refractivity contribution is -0.161. The van der Waals surface area contributed by atoms with Gasteiger partial charge in [-0.05, 0) is 43.4 Å². The van der Waals surface area contributed by atoms with E-state index in [1.54, 1.807) is 0 Å². The predicted octanol–water partition coefficient (Wildman–Crippen LogP) is 19.1. The molecule has 0 spiro atoms. The lowest BCUT2D eigenvalue weighted by Gasteiger charge is -2.21. The first kappa shape index (κ1) is 85.1. The highest BCUT2D eigenvalue weighted by Gasteiger charge is 2.30. The van der Waals surface area contributed by atoms with E-state index < -0.39 is 97.5 Å². The largest absolute Gasteiger partial charge is 0.472 e. The van der Waals surface area contributed by atoms with Crippen LogP contribution in [0.2, 0.25) is 0 Å². The third kappa shape index (κ3) is 62.6. The maximum absolute atomic E-state index is 13.0. The molecule has 0 fully saturated rings. The number of phosphoric acid groups is 2. The summed E-state index contributed by atoms with van der Waals surface area (Å²) in [5.41, 5.74) is 0. The van der Waals surface area contributed by atoms with Gasteiger partial charge < -0.3 is 33.8 Å². The second-order valence-corrected chi connectivity index (χ2v) is 28.9. The first-order valence-electron chi connectivity index (χ1n) is 35.3. The third-order valence-electron chi connectivity index (χ3n) is 15.6. The van der Waals surface area contributed by atoms with Crippen LogP contribution >= 0.6 is 15.6 Å². The number of carbonyl (C=O) groups excluding carboxylic acids is 4. The fourth-order valence-electron chi connectivity index (χ4n) is 10.2. The summed E-state index contributed by atoms with van der Waals surface area (Å²) in [7, 11) is -9.89. The number of phosphoric ester groups is 2. The molecule has 516 valence electrons. The molecule has 19 heteroatoms. The van der Waals surface area contributed by atoms with E-state index in [4.69, 9.17) is 37.0 Å². The van der Waals surface area contributed by atoms with E-state index in [-0.39, 0.29) is 25.7 Å². The molecule has 3 N–H and O–H groups in total. The summed E-state index contributed by atoms with van der Waals surface area (Å²) in [6.07, 6.45) is 41.9. The molecule has 0 heterocycles. The Morgan fingerprint density at radius 3 is 0.782 bits per heavy atom. The summed E-state index contributed by atoms with van der Waals surface area (Å²) < 4.78 is 68.1. The standard InChI is InChI=1S/C68H132O17P2/c1-8-9-10-11-12-13-21-28-37-44-51-67(72)85-64(56-79-66(71)50-43-36-31-30-34-41-48-61(6)7)58-83-87(76,77)81-54-62(69)53-80-86(74,75)82-57-63(55-78-65(70)49-42-35-27-24-23-26-33-40-47-60(4)5)84-68(73)52-45-38-29-22-19-17-15-14-16-18-20-25-32-39-46-59(2)3/h59-64,69H,8-58H2,1-7H3,(H,74,75)(H,76,77)/t62-,63-,64-/m1/s1. The molecular formula is C68H132O17P2. The number of hydrogen-bond acceptors (Lipinski definition) is 15. The first-order valence-corrected chi connectivity index (χ1v) is 38.3. The van der Waals surface area contributed by atoms with Crippen LogP contribution in [-0.4, -0.2) is 96.7 Å². The normalized spacial score (nSPS) is 14.3. The Hall–Kier alpha value is -1.94. The van der Waals surface area contributed by atoms with Crippen LogP contribution in [0.4, 0.5) is 0 Å². The van der Waals surface area contributed by atoms with Crippen molar-refractivity contribution in [3.63, 3.8) is 0 Å². The number of hydrogen-bond donors (Lipinski definition) is 3. The highest BCUT2D eigenvalue weighted by atomic mass is 31.2. The lowest BCUT2D eigenvalue weighted by Crippen LogP contribution is -2.30. The van der Waals surface area contributed by atoms with Crippen LogP contribution in [0, 0.1) is 17.8 Å². The molecule has 0 saturated carbocycles. The van der Waals surface area contributed by atoms with Crippen molar-refractivity contribution in [2.45, 2.75) is 356 Å².